The molecule has 0 aliphatic carbocycles. The lowest BCUT2D eigenvalue weighted by Crippen LogP contribution is -2.09. The maximum absolute atomic E-state index is 5.88. The molecule has 2 aromatic rings. The van der Waals surface area contributed by atoms with Crippen molar-refractivity contribution in [3.63, 3.8) is 0 Å². The standard InChI is InChI=1S/C15H25N5/c1-5-14-13(9-16)15(6-2)20(18-14)10-12-7-8-19(17-12)11(3)4/h7-8,11H,5-6,9-10,16H2,1-4H3. The van der Waals surface area contributed by atoms with Gasteiger partial charge in [0, 0.05) is 30.0 Å². The zero-order valence-corrected chi connectivity index (χ0v) is 12.9. The average molecular weight is 275 g/mol. The van der Waals surface area contributed by atoms with E-state index in [0.29, 0.717) is 12.6 Å². The molecular weight excluding hydrogens is 250 g/mol. The number of hydrogen-bond donors (Lipinski definition) is 1. The van der Waals surface area contributed by atoms with E-state index in [0.717, 1.165) is 30.8 Å². The fraction of sp³-hybridized carbons (Fsp3) is 0.600. The van der Waals surface area contributed by atoms with Crippen molar-refractivity contribution in [2.24, 2.45) is 5.73 Å². The van der Waals surface area contributed by atoms with E-state index in [1.165, 1.54) is 11.3 Å². The second kappa shape index (κ2) is 6.22. The molecule has 0 radical (unpaired) electrons. The van der Waals surface area contributed by atoms with Gasteiger partial charge in [-0.2, -0.15) is 10.2 Å². The Hall–Kier alpha value is -1.62. The van der Waals surface area contributed by atoms with Crippen molar-refractivity contribution in [1.29, 1.82) is 0 Å². The molecule has 5 nitrogen and oxygen atoms in total. The van der Waals surface area contributed by atoms with Gasteiger partial charge in [-0.15, -0.1) is 0 Å². The van der Waals surface area contributed by atoms with E-state index < -0.39 is 0 Å². The van der Waals surface area contributed by atoms with Crippen LogP contribution < -0.4 is 5.73 Å². The van der Waals surface area contributed by atoms with Gasteiger partial charge in [-0.05, 0) is 32.8 Å². The lowest BCUT2D eigenvalue weighted by molar-refractivity contribution is 0.518. The minimum absolute atomic E-state index is 0.387. The van der Waals surface area contributed by atoms with Crippen molar-refractivity contribution < 1.29 is 0 Å². The molecule has 110 valence electrons. The monoisotopic (exact) mass is 275 g/mol. The topological polar surface area (TPSA) is 61.7 Å². The molecule has 0 aromatic carbocycles. The van der Waals surface area contributed by atoms with E-state index in [1.54, 1.807) is 0 Å². The average Bonchev–Trinajstić information content (AvgIpc) is 3.02. The molecule has 0 bridgehead atoms. The van der Waals surface area contributed by atoms with Crippen molar-refractivity contribution >= 4 is 0 Å². The van der Waals surface area contributed by atoms with E-state index in [1.807, 2.05) is 10.9 Å². The number of aromatic nitrogens is 4. The molecule has 0 unspecified atom stereocenters. The van der Waals surface area contributed by atoms with Gasteiger partial charge in [0.2, 0.25) is 0 Å². The first-order chi connectivity index (χ1) is 9.60. The van der Waals surface area contributed by atoms with Crippen LogP contribution in [0.15, 0.2) is 12.3 Å². The Kier molecular flexibility index (Phi) is 4.60. The first kappa shape index (κ1) is 14.8. The first-order valence-electron chi connectivity index (χ1n) is 7.42. The summed E-state index contributed by atoms with van der Waals surface area (Å²) in [6.07, 6.45) is 3.90. The third-order valence-corrected chi connectivity index (χ3v) is 3.63. The van der Waals surface area contributed by atoms with Crippen molar-refractivity contribution in [3.8, 4) is 0 Å². The van der Waals surface area contributed by atoms with Gasteiger partial charge in [0.05, 0.1) is 17.9 Å². The molecule has 2 aromatic heterocycles. The van der Waals surface area contributed by atoms with E-state index in [4.69, 9.17) is 10.8 Å². The highest BCUT2D eigenvalue weighted by atomic mass is 15.3. The minimum atomic E-state index is 0.387. The summed E-state index contributed by atoms with van der Waals surface area (Å²) in [5.41, 5.74) is 10.5. The van der Waals surface area contributed by atoms with Gasteiger partial charge < -0.3 is 5.73 Å². The summed E-state index contributed by atoms with van der Waals surface area (Å²) in [6, 6.07) is 2.45. The Morgan fingerprint density at radius 2 is 1.95 bits per heavy atom. The summed E-state index contributed by atoms with van der Waals surface area (Å²) in [4.78, 5) is 0. The number of nitrogens with zero attached hydrogens (tertiary/aromatic N) is 4. The van der Waals surface area contributed by atoms with Crippen LogP contribution in [-0.4, -0.2) is 19.6 Å². The summed E-state index contributed by atoms with van der Waals surface area (Å²) >= 11 is 0. The van der Waals surface area contributed by atoms with E-state index in [9.17, 15) is 0 Å². The van der Waals surface area contributed by atoms with Gasteiger partial charge >= 0.3 is 0 Å². The summed E-state index contributed by atoms with van der Waals surface area (Å²) in [6.45, 7) is 9.81. The summed E-state index contributed by atoms with van der Waals surface area (Å²) in [5, 5.41) is 9.30. The zero-order valence-electron chi connectivity index (χ0n) is 12.9. The Bertz CT molecular complexity index is 565. The van der Waals surface area contributed by atoms with Crippen LogP contribution in [0.25, 0.3) is 0 Å². The minimum Gasteiger partial charge on any atom is -0.326 e. The smallest absolute Gasteiger partial charge is 0.0853 e. The predicted octanol–water partition coefficient (Wildman–Crippen LogP) is 2.29. The highest BCUT2D eigenvalue weighted by Crippen LogP contribution is 2.17. The highest BCUT2D eigenvalue weighted by Gasteiger charge is 2.15. The van der Waals surface area contributed by atoms with Crippen LogP contribution in [0.5, 0.6) is 0 Å². The van der Waals surface area contributed by atoms with E-state index >= 15 is 0 Å². The largest absolute Gasteiger partial charge is 0.326 e. The van der Waals surface area contributed by atoms with Crippen LogP contribution >= 0.6 is 0 Å². The number of nitrogens with two attached hydrogens (primary N) is 1. The molecule has 0 atom stereocenters. The van der Waals surface area contributed by atoms with Crippen LogP contribution in [0.3, 0.4) is 0 Å². The van der Waals surface area contributed by atoms with Crippen LogP contribution in [0.1, 0.15) is 56.4 Å². The molecule has 0 spiro atoms. The lowest BCUT2D eigenvalue weighted by atomic mass is 10.1. The second-order valence-corrected chi connectivity index (χ2v) is 5.32. The van der Waals surface area contributed by atoms with Crippen LogP contribution in [-0.2, 0) is 25.9 Å². The summed E-state index contributed by atoms with van der Waals surface area (Å²) in [7, 11) is 0. The summed E-state index contributed by atoms with van der Waals surface area (Å²) in [5.74, 6) is 0. The third kappa shape index (κ3) is 2.77. The number of hydrogen-bond acceptors (Lipinski definition) is 3. The zero-order chi connectivity index (χ0) is 14.7. The van der Waals surface area contributed by atoms with Crippen molar-refractivity contribution in [3.05, 3.63) is 34.9 Å². The fourth-order valence-corrected chi connectivity index (χ4v) is 2.54. The predicted molar refractivity (Wildman–Crippen MR) is 80.6 cm³/mol. The Labute approximate surface area is 120 Å². The number of rotatable bonds is 6. The molecule has 2 heterocycles. The maximum atomic E-state index is 5.88. The molecule has 5 heteroatoms. The normalized spacial score (nSPS) is 11.5. The maximum Gasteiger partial charge on any atom is 0.0853 e. The second-order valence-electron chi connectivity index (χ2n) is 5.32. The molecule has 2 N–H and O–H groups in total. The Balaban J connectivity index is 2.30. The van der Waals surface area contributed by atoms with Gasteiger partial charge in [0.1, 0.15) is 0 Å². The molecule has 0 aliphatic heterocycles. The molecular formula is C15H25N5. The van der Waals surface area contributed by atoms with Gasteiger partial charge in [0.15, 0.2) is 0 Å². The van der Waals surface area contributed by atoms with E-state index in [-0.39, 0.29) is 0 Å². The van der Waals surface area contributed by atoms with Crippen LogP contribution in [0.4, 0.5) is 0 Å². The Morgan fingerprint density at radius 3 is 2.45 bits per heavy atom. The lowest BCUT2D eigenvalue weighted by Gasteiger charge is -2.06. The highest BCUT2D eigenvalue weighted by molar-refractivity contribution is 5.27. The van der Waals surface area contributed by atoms with Gasteiger partial charge in [-0.3, -0.25) is 9.36 Å². The molecule has 0 saturated heterocycles. The quantitative estimate of drug-likeness (QED) is 0.880. The molecule has 20 heavy (non-hydrogen) atoms. The van der Waals surface area contributed by atoms with Crippen LogP contribution in [0.2, 0.25) is 0 Å². The molecule has 0 aliphatic rings. The van der Waals surface area contributed by atoms with Crippen LogP contribution in [0, 0.1) is 0 Å². The molecule has 0 fully saturated rings. The first-order valence-corrected chi connectivity index (χ1v) is 7.42. The molecule has 0 saturated carbocycles. The van der Waals surface area contributed by atoms with Crippen molar-refractivity contribution in [2.75, 3.05) is 0 Å². The van der Waals surface area contributed by atoms with Gasteiger partial charge in [-0.25, -0.2) is 0 Å². The molecule has 2 rings (SSSR count). The van der Waals surface area contributed by atoms with Crippen molar-refractivity contribution in [1.82, 2.24) is 19.6 Å². The SMILES string of the molecule is CCc1nn(Cc2ccn(C(C)C)n2)c(CC)c1CN. The van der Waals surface area contributed by atoms with Crippen molar-refractivity contribution in [2.45, 2.75) is 59.7 Å². The third-order valence-electron chi connectivity index (χ3n) is 3.63. The summed E-state index contributed by atoms with van der Waals surface area (Å²) < 4.78 is 4.04. The molecule has 0 amide bonds. The number of aryl methyl sites for hydroxylation is 1. The fourth-order valence-electron chi connectivity index (χ4n) is 2.54. The van der Waals surface area contributed by atoms with Gasteiger partial charge in [-0.1, -0.05) is 13.8 Å². The van der Waals surface area contributed by atoms with Gasteiger partial charge in [0.25, 0.3) is 0 Å². The Morgan fingerprint density at radius 1 is 1.20 bits per heavy atom. The van der Waals surface area contributed by atoms with E-state index in [2.05, 4.69) is 43.5 Å².